The molecule has 178 valence electrons. The Bertz CT molecular complexity index is 1180. The van der Waals surface area contributed by atoms with Crippen molar-refractivity contribution in [1.29, 1.82) is 0 Å². The summed E-state index contributed by atoms with van der Waals surface area (Å²) in [5, 5.41) is 16.7. The summed E-state index contributed by atoms with van der Waals surface area (Å²) in [6.45, 7) is 9.51. The van der Waals surface area contributed by atoms with Gasteiger partial charge in [-0.1, -0.05) is 50.2 Å². The van der Waals surface area contributed by atoms with E-state index in [1.807, 2.05) is 6.07 Å². The van der Waals surface area contributed by atoms with E-state index in [9.17, 15) is 5.11 Å². The van der Waals surface area contributed by atoms with Crippen LogP contribution in [0.1, 0.15) is 68.0 Å². The second kappa shape index (κ2) is 7.97. The molecule has 1 aliphatic carbocycles. The molecule has 1 saturated carbocycles. The Balaban J connectivity index is 1.39. The van der Waals surface area contributed by atoms with Crippen molar-refractivity contribution in [3.8, 4) is 11.4 Å². The predicted molar refractivity (Wildman–Crippen MR) is 127 cm³/mol. The van der Waals surface area contributed by atoms with Crippen LogP contribution < -0.4 is 0 Å². The van der Waals surface area contributed by atoms with Crippen LogP contribution in [-0.2, 0) is 10.3 Å². The van der Waals surface area contributed by atoms with Gasteiger partial charge in [0.15, 0.2) is 0 Å². The number of hydrogen-bond donors (Lipinski definition) is 1. The summed E-state index contributed by atoms with van der Waals surface area (Å²) in [6.07, 6.45) is 6.05. The summed E-state index contributed by atoms with van der Waals surface area (Å²) < 4.78 is 10.7. The lowest BCUT2D eigenvalue weighted by atomic mass is 9.61. The van der Waals surface area contributed by atoms with Crippen LogP contribution in [0.4, 0.5) is 0 Å². The predicted octanol–water partition coefficient (Wildman–Crippen LogP) is 4.09. The largest absolute Gasteiger partial charge is 0.380 e. The molecular weight excluding hydrogens is 428 g/mol. The van der Waals surface area contributed by atoms with E-state index in [1.165, 1.54) is 18.4 Å². The number of hydrogen-bond acceptors (Lipinski definition) is 7. The van der Waals surface area contributed by atoms with E-state index in [0.29, 0.717) is 36.9 Å². The maximum Gasteiger partial charge on any atom is 0.234 e. The lowest BCUT2D eigenvalue weighted by Crippen LogP contribution is -2.65. The van der Waals surface area contributed by atoms with Crippen LogP contribution in [0.5, 0.6) is 0 Å². The highest BCUT2D eigenvalue weighted by molar-refractivity contribution is 5.56. The number of rotatable bonds is 7. The van der Waals surface area contributed by atoms with Gasteiger partial charge >= 0.3 is 0 Å². The Hall–Kier alpha value is -2.61. The van der Waals surface area contributed by atoms with Gasteiger partial charge in [-0.15, -0.1) is 0 Å². The quantitative estimate of drug-likeness (QED) is 0.568. The highest BCUT2D eigenvalue weighted by Crippen LogP contribution is 2.53. The van der Waals surface area contributed by atoms with Gasteiger partial charge in [-0.3, -0.25) is 9.88 Å². The second-order valence-corrected chi connectivity index (χ2v) is 10.8. The maximum absolute atomic E-state index is 12.5. The Kier molecular flexibility index (Phi) is 5.13. The number of aliphatic hydroxyl groups is 1. The molecule has 7 heteroatoms. The second-order valence-electron chi connectivity index (χ2n) is 10.8. The summed E-state index contributed by atoms with van der Waals surface area (Å²) in [4.78, 5) is 11.6. The van der Waals surface area contributed by atoms with E-state index in [-0.39, 0.29) is 11.3 Å². The van der Waals surface area contributed by atoms with Crippen molar-refractivity contribution in [3.63, 3.8) is 0 Å². The molecule has 3 aliphatic rings. The zero-order valence-corrected chi connectivity index (χ0v) is 20.1. The average Bonchev–Trinajstić information content (AvgIpc) is 3.52. The Labute approximate surface area is 200 Å². The van der Waals surface area contributed by atoms with E-state index in [4.69, 9.17) is 9.26 Å². The average molecular weight is 461 g/mol. The van der Waals surface area contributed by atoms with Crippen molar-refractivity contribution in [2.24, 2.45) is 5.41 Å². The SMILES string of the molecule is CC(C)c1ccc([C@](O)(c2cncc(-c3noc(C4COC4)n3)c2)C2(C)CN(C3CC3)C2)cc1. The third kappa shape index (κ3) is 3.49. The molecule has 1 atom stereocenters. The van der Waals surface area contributed by atoms with Crippen LogP contribution in [0.2, 0.25) is 0 Å². The highest BCUT2D eigenvalue weighted by atomic mass is 16.5. The maximum atomic E-state index is 12.5. The molecule has 0 bridgehead atoms. The molecule has 6 rings (SSSR count). The first kappa shape index (κ1) is 21.9. The Morgan fingerprint density at radius 1 is 1.09 bits per heavy atom. The van der Waals surface area contributed by atoms with Crippen LogP contribution >= 0.6 is 0 Å². The van der Waals surface area contributed by atoms with Crippen molar-refractivity contribution >= 4 is 0 Å². The lowest BCUT2D eigenvalue weighted by Gasteiger charge is -2.57. The molecule has 1 aromatic carbocycles. The van der Waals surface area contributed by atoms with Crippen molar-refractivity contribution in [1.82, 2.24) is 20.0 Å². The molecule has 2 saturated heterocycles. The summed E-state index contributed by atoms with van der Waals surface area (Å²) in [5.41, 5.74) is 2.14. The van der Waals surface area contributed by atoms with Crippen LogP contribution in [0.25, 0.3) is 11.4 Å². The van der Waals surface area contributed by atoms with E-state index in [0.717, 1.165) is 29.8 Å². The molecule has 0 amide bonds. The van der Waals surface area contributed by atoms with Gasteiger partial charge in [-0.05, 0) is 36.0 Å². The number of aromatic nitrogens is 3. The molecule has 7 nitrogen and oxygen atoms in total. The first-order valence-electron chi connectivity index (χ1n) is 12.3. The number of pyridine rings is 1. The number of benzene rings is 1. The van der Waals surface area contributed by atoms with Gasteiger partial charge in [-0.25, -0.2) is 0 Å². The molecule has 0 spiro atoms. The Morgan fingerprint density at radius 2 is 1.82 bits per heavy atom. The summed E-state index contributed by atoms with van der Waals surface area (Å²) in [7, 11) is 0. The fourth-order valence-corrected chi connectivity index (χ4v) is 5.41. The monoisotopic (exact) mass is 460 g/mol. The van der Waals surface area contributed by atoms with E-state index < -0.39 is 5.60 Å². The minimum absolute atomic E-state index is 0.163. The standard InChI is InChI=1S/C27H32N4O3/c1-17(2)18-4-6-21(7-5-18)27(32,26(3)15-31(16-26)23-8-9-23)22-10-19(11-28-12-22)24-29-25(34-30-24)20-13-33-14-20/h4-7,10-12,17,20,23,32H,8-9,13-16H2,1-3H3/t27-/m0/s1. The molecule has 2 aliphatic heterocycles. The van der Waals surface area contributed by atoms with Gasteiger partial charge in [0.2, 0.25) is 11.7 Å². The summed E-state index contributed by atoms with van der Waals surface area (Å²) in [5.74, 6) is 1.69. The van der Waals surface area contributed by atoms with Gasteiger partial charge in [0, 0.05) is 48.1 Å². The molecule has 3 fully saturated rings. The smallest absolute Gasteiger partial charge is 0.234 e. The fourth-order valence-electron chi connectivity index (χ4n) is 5.41. The number of likely N-dealkylation sites (tertiary alicyclic amines) is 1. The van der Waals surface area contributed by atoms with E-state index in [2.05, 4.69) is 65.1 Å². The van der Waals surface area contributed by atoms with Crippen LogP contribution in [0.3, 0.4) is 0 Å². The van der Waals surface area contributed by atoms with Crippen molar-refractivity contribution in [3.05, 3.63) is 65.3 Å². The van der Waals surface area contributed by atoms with Crippen molar-refractivity contribution in [2.45, 2.75) is 57.1 Å². The van der Waals surface area contributed by atoms with Gasteiger partial charge in [0.1, 0.15) is 5.60 Å². The van der Waals surface area contributed by atoms with Crippen molar-refractivity contribution in [2.75, 3.05) is 26.3 Å². The third-order valence-corrected chi connectivity index (χ3v) is 7.88. The molecule has 1 N–H and O–H groups in total. The zero-order valence-electron chi connectivity index (χ0n) is 20.1. The normalized spacial score (nSPS) is 22.3. The topological polar surface area (TPSA) is 84.5 Å². The van der Waals surface area contributed by atoms with Gasteiger partial charge < -0.3 is 14.4 Å². The first-order valence-corrected chi connectivity index (χ1v) is 12.3. The number of nitrogens with zero attached hydrogens (tertiary/aromatic N) is 4. The molecular formula is C27H32N4O3. The molecule has 0 radical (unpaired) electrons. The molecule has 4 heterocycles. The fraction of sp³-hybridized carbons (Fsp3) is 0.519. The van der Waals surface area contributed by atoms with Crippen LogP contribution in [-0.4, -0.2) is 57.5 Å². The lowest BCUT2D eigenvalue weighted by molar-refractivity contribution is -0.138. The number of ether oxygens (including phenoxy) is 1. The van der Waals surface area contributed by atoms with Gasteiger partial charge in [0.25, 0.3) is 0 Å². The Morgan fingerprint density at radius 3 is 2.44 bits per heavy atom. The molecule has 0 unspecified atom stereocenters. The van der Waals surface area contributed by atoms with Crippen LogP contribution in [0, 0.1) is 5.41 Å². The van der Waals surface area contributed by atoms with Crippen molar-refractivity contribution < 1.29 is 14.4 Å². The molecule has 2 aromatic heterocycles. The van der Waals surface area contributed by atoms with Gasteiger partial charge in [-0.2, -0.15) is 4.98 Å². The molecule has 3 aromatic rings. The summed E-state index contributed by atoms with van der Waals surface area (Å²) >= 11 is 0. The highest BCUT2D eigenvalue weighted by Gasteiger charge is 2.58. The van der Waals surface area contributed by atoms with Gasteiger partial charge in [0.05, 0.1) is 19.1 Å². The van der Waals surface area contributed by atoms with Crippen LogP contribution in [0.15, 0.2) is 47.2 Å². The third-order valence-electron chi connectivity index (χ3n) is 7.88. The first-order chi connectivity index (χ1) is 16.4. The summed E-state index contributed by atoms with van der Waals surface area (Å²) in [6, 6.07) is 11.1. The van der Waals surface area contributed by atoms with E-state index >= 15 is 0 Å². The zero-order chi connectivity index (χ0) is 23.5. The minimum atomic E-state index is -1.19. The van der Waals surface area contributed by atoms with E-state index in [1.54, 1.807) is 12.4 Å². The molecule has 34 heavy (non-hydrogen) atoms. The minimum Gasteiger partial charge on any atom is -0.380 e.